The van der Waals surface area contributed by atoms with Gasteiger partial charge in [0, 0.05) is 49.7 Å². The van der Waals surface area contributed by atoms with Gasteiger partial charge < -0.3 is 8.98 Å². The lowest BCUT2D eigenvalue weighted by Crippen LogP contribution is -2.17. The van der Waals surface area contributed by atoms with Crippen molar-refractivity contribution in [3.63, 3.8) is 0 Å². The number of nitrogens with zero attached hydrogens (tertiary/aromatic N) is 4. The molecule has 6 aromatic carbocycles. The van der Waals surface area contributed by atoms with Crippen molar-refractivity contribution in [1.82, 2.24) is 19.5 Å². The molecule has 1 aliphatic carbocycles. The molecule has 0 N–H and O–H groups in total. The van der Waals surface area contributed by atoms with Crippen LogP contribution in [0.2, 0.25) is 0 Å². The topological polar surface area (TPSA) is 56.7 Å². The van der Waals surface area contributed by atoms with E-state index in [1.165, 1.54) is 27.4 Å². The van der Waals surface area contributed by atoms with E-state index < -0.39 is 0 Å². The van der Waals surface area contributed by atoms with Gasteiger partial charge in [-0.1, -0.05) is 111 Å². The lowest BCUT2D eigenvalue weighted by molar-refractivity contribution is 0.620. The second kappa shape index (κ2) is 10.3. The summed E-state index contributed by atoms with van der Waals surface area (Å²) in [7, 11) is 0. The molecule has 0 unspecified atom stereocenters. The van der Waals surface area contributed by atoms with E-state index in [1.807, 2.05) is 36.4 Å². The zero-order valence-corrected chi connectivity index (χ0v) is 27.1. The predicted octanol–water partition coefficient (Wildman–Crippen LogP) is 11.0. The average Bonchev–Trinajstić information content (AvgIpc) is 3.81. The fourth-order valence-corrected chi connectivity index (χ4v) is 7.71. The van der Waals surface area contributed by atoms with Crippen molar-refractivity contribution < 1.29 is 4.42 Å². The van der Waals surface area contributed by atoms with Crippen molar-refractivity contribution in [3.05, 3.63) is 157 Å². The van der Waals surface area contributed by atoms with E-state index in [9.17, 15) is 0 Å². The molecule has 9 aromatic rings. The summed E-state index contributed by atoms with van der Waals surface area (Å²) in [5.41, 5.74) is 13.2. The second-order valence-corrected chi connectivity index (χ2v) is 13.3. The third-order valence-electron chi connectivity index (χ3n) is 10.0. The number of hydrogen-bond donors (Lipinski definition) is 0. The first-order valence-electron chi connectivity index (χ1n) is 16.6. The minimum Gasteiger partial charge on any atom is -0.436 e. The molecule has 0 radical (unpaired) electrons. The van der Waals surface area contributed by atoms with Gasteiger partial charge in [0.05, 0.1) is 22.4 Å². The smallest absolute Gasteiger partial charge is 0.227 e. The molecule has 0 atom stereocenters. The number of benzene rings is 6. The van der Waals surface area contributed by atoms with E-state index in [1.54, 1.807) is 0 Å². The molecule has 3 heterocycles. The van der Waals surface area contributed by atoms with Gasteiger partial charge in [-0.2, -0.15) is 0 Å². The third-order valence-corrected chi connectivity index (χ3v) is 10.0. The number of aromatic nitrogens is 4. The van der Waals surface area contributed by atoms with Crippen molar-refractivity contribution in [2.75, 3.05) is 0 Å². The molecule has 0 spiro atoms. The first kappa shape index (κ1) is 27.8. The lowest BCUT2D eigenvalue weighted by atomic mass is 9.81. The molecular formula is C44H30N4O. The van der Waals surface area contributed by atoms with Gasteiger partial charge >= 0.3 is 0 Å². The third kappa shape index (κ3) is 4.15. The highest BCUT2D eigenvalue weighted by Crippen LogP contribution is 2.51. The Balaban J connectivity index is 1.15. The molecule has 5 heteroatoms. The number of rotatable bonds is 4. The summed E-state index contributed by atoms with van der Waals surface area (Å²) in [5, 5.41) is 2.50. The van der Waals surface area contributed by atoms with Crippen molar-refractivity contribution in [1.29, 1.82) is 0 Å². The predicted molar refractivity (Wildman–Crippen MR) is 198 cm³/mol. The molecule has 0 bridgehead atoms. The van der Waals surface area contributed by atoms with E-state index in [0.29, 0.717) is 11.7 Å². The van der Waals surface area contributed by atoms with Crippen molar-refractivity contribution in [2.24, 2.45) is 0 Å². The van der Waals surface area contributed by atoms with Crippen LogP contribution in [0.15, 0.2) is 150 Å². The van der Waals surface area contributed by atoms with Gasteiger partial charge in [-0.15, -0.1) is 0 Å². The largest absolute Gasteiger partial charge is 0.436 e. The highest BCUT2D eigenvalue weighted by Gasteiger charge is 2.40. The van der Waals surface area contributed by atoms with Crippen LogP contribution in [0.3, 0.4) is 0 Å². The van der Waals surface area contributed by atoms with Gasteiger partial charge in [0.1, 0.15) is 5.52 Å². The monoisotopic (exact) mass is 630 g/mol. The quantitative estimate of drug-likeness (QED) is 0.194. The second-order valence-electron chi connectivity index (χ2n) is 13.3. The van der Waals surface area contributed by atoms with Crippen molar-refractivity contribution in [2.45, 2.75) is 19.3 Å². The van der Waals surface area contributed by atoms with E-state index >= 15 is 0 Å². The molecule has 10 rings (SSSR count). The summed E-state index contributed by atoms with van der Waals surface area (Å²) in [6.07, 6.45) is 0. The number of oxazole rings is 1. The fourth-order valence-electron chi connectivity index (χ4n) is 7.71. The van der Waals surface area contributed by atoms with Crippen LogP contribution in [-0.2, 0) is 5.41 Å². The summed E-state index contributed by atoms with van der Waals surface area (Å²) in [6, 6.07) is 50.7. The van der Waals surface area contributed by atoms with Crippen LogP contribution >= 0.6 is 0 Å². The van der Waals surface area contributed by atoms with E-state index in [0.717, 1.165) is 56.0 Å². The van der Waals surface area contributed by atoms with Crippen LogP contribution in [0.1, 0.15) is 25.0 Å². The van der Waals surface area contributed by atoms with Gasteiger partial charge in [0.2, 0.25) is 5.89 Å². The number of fused-ring (bicyclic) bond motifs is 7. The molecule has 0 saturated heterocycles. The number of para-hydroxylation sites is 4. The zero-order chi connectivity index (χ0) is 32.7. The summed E-state index contributed by atoms with van der Waals surface area (Å²) in [6.45, 7) is 4.56. The lowest BCUT2D eigenvalue weighted by Gasteiger charge is -2.24. The molecule has 232 valence electrons. The van der Waals surface area contributed by atoms with Crippen LogP contribution in [0, 0.1) is 0 Å². The Labute approximate surface area is 283 Å². The van der Waals surface area contributed by atoms with Gasteiger partial charge in [-0.05, 0) is 54.1 Å². The molecule has 0 fully saturated rings. The minimum atomic E-state index is -0.272. The Morgan fingerprint density at radius 2 is 1.20 bits per heavy atom. The maximum atomic E-state index is 6.13. The normalized spacial score (nSPS) is 13.3. The van der Waals surface area contributed by atoms with Gasteiger partial charge in [0.25, 0.3) is 0 Å². The first-order valence-corrected chi connectivity index (χ1v) is 16.6. The maximum absolute atomic E-state index is 6.13. The van der Waals surface area contributed by atoms with E-state index in [2.05, 4.69) is 128 Å². The molecule has 5 nitrogen and oxygen atoms in total. The molecule has 0 amide bonds. The van der Waals surface area contributed by atoms with Gasteiger partial charge in [0.15, 0.2) is 11.4 Å². The van der Waals surface area contributed by atoms with Gasteiger partial charge in [-0.3, -0.25) is 0 Å². The molecular weight excluding hydrogens is 601 g/mol. The molecule has 49 heavy (non-hydrogen) atoms. The standard InChI is InChI=1S/C44H30N4O/c1-44(2)34-17-6-3-16-33(34)41-39(44)40(46-42(47-41)28-12-11-13-29(26-28)43-45-35-18-7-10-21-38(35)49-43)27-22-24-30(25-23-27)48-36-19-8-4-14-31(36)32-15-5-9-20-37(32)48/h3-26H,1-2H3. The zero-order valence-electron chi connectivity index (χ0n) is 27.1. The summed E-state index contributed by atoms with van der Waals surface area (Å²) in [4.78, 5) is 15.4. The van der Waals surface area contributed by atoms with Crippen molar-refractivity contribution >= 4 is 32.9 Å². The Bertz CT molecular complexity index is 2660. The summed E-state index contributed by atoms with van der Waals surface area (Å²) >= 11 is 0. The first-order chi connectivity index (χ1) is 24.0. The SMILES string of the molecule is CC1(C)c2ccccc2-c2nc(-c3cccc(-c4nc5ccccc5o4)c3)nc(-c3ccc(-n4c5ccccc5c5ccccc54)cc3)c21. The Morgan fingerprint density at radius 1 is 0.551 bits per heavy atom. The van der Waals surface area contributed by atoms with Crippen LogP contribution in [0.5, 0.6) is 0 Å². The average molecular weight is 631 g/mol. The Kier molecular flexibility index (Phi) is 5.85. The molecule has 1 aliphatic rings. The van der Waals surface area contributed by atoms with E-state index in [4.69, 9.17) is 19.4 Å². The molecule has 3 aromatic heterocycles. The van der Waals surface area contributed by atoms with Crippen molar-refractivity contribution in [3.8, 4) is 51.0 Å². The highest BCUT2D eigenvalue weighted by molar-refractivity contribution is 6.09. The highest BCUT2D eigenvalue weighted by atomic mass is 16.3. The maximum Gasteiger partial charge on any atom is 0.227 e. The summed E-state index contributed by atoms with van der Waals surface area (Å²) in [5.74, 6) is 1.25. The molecule has 0 saturated carbocycles. The van der Waals surface area contributed by atoms with Crippen LogP contribution in [0.25, 0.3) is 83.9 Å². The fraction of sp³-hybridized carbons (Fsp3) is 0.0682. The Hall–Kier alpha value is -6.33. The van der Waals surface area contributed by atoms with E-state index in [-0.39, 0.29) is 5.41 Å². The Morgan fingerprint density at radius 3 is 1.98 bits per heavy atom. The van der Waals surface area contributed by atoms with Crippen LogP contribution in [-0.4, -0.2) is 19.5 Å². The molecule has 0 aliphatic heterocycles. The van der Waals surface area contributed by atoms with Gasteiger partial charge in [-0.25, -0.2) is 15.0 Å². The minimum absolute atomic E-state index is 0.272. The van der Waals surface area contributed by atoms with Crippen LogP contribution < -0.4 is 0 Å². The van der Waals surface area contributed by atoms with Crippen LogP contribution in [0.4, 0.5) is 0 Å². The number of hydrogen-bond acceptors (Lipinski definition) is 4. The summed E-state index contributed by atoms with van der Waals surface area (Å²) < 4.78 is 8.48.